The zero-order valence-electron chi connectivity index (χ0n) is 13.9. The zero-order valence-corrected chi connectivity index (χ0v) is 13.9. The molecule has 0 atom stereocenters. The van der Waals surface area contributed by atoms with Crippen LogP contribution < -0.4 is 10.2 Å². The quantitative estimate of drug-likeness (QED) is 0.889. The Morgan fingerprint density at radius 2 is 1.96 bits per heavy atom. The second-order valence-electron chi connectivity index (χ2n) is 6.82. The van der Waals surface area contributed by atoms with E-state index in [9.17, 15) is 4.79 Å². The molecule has 24 heavy (non-hydrogen) atoms. The number of amides is 1. The molecule has 0 unspecified atom stereocenters. The molecule has 2 heterocycles. The largest absolute Gasteiger partial charge is 0.369 e. The monoisotopic (exact) mass is 324 g/mol. The average molecular weight is 324 g/mol. The second-order valence-corrected chi connectivity index (χ2v) is 6.82. The number of aromatic nitrogens is 1. The SMILES string of the molecule is O=C(Nc1cccc(N2CCN(CC3CC3)CC2)c1)c1ccc[nH]1. The van der Waals surface area contributed by atoms with Gasteiger partial charge >= 0.3 is 0 Å². The summed E-state index contributed by atoms with van der Waals surface area (Å²) in [6.45, 7) is 5.66. The smallest absolute Gasteiger partial charge is 0.272 e. The highest BCUT2D eigenvalue weighted by Gasteiger charge is 2.26. The van der Waals surface area contributed by atoms with Gasteiger partial charge in [-0.2, -0.15) is 0 Å². The van der Waals surface area contributed by atoms with E-state index in [4.69, 9.17) is 0 Å². The Balaban J connectivity index is 1.37. The average Bonchev–Trinajstić information content (AvgIpc) is 3.24. The molecule has 4 rings (SSSR count). The van der Waals surface area contributed by atoms with Crippen LogP contribution in [0, 0.1) is 5.92 Å². The second kappa shape index (κ2) is 6.69. The van der Waals surface area contributed by atoms with Crippen LogP contribution in [0.5, 0.6) is 0 Å². The Morgan fingerprint density at radius 3 is 2.67 bits per heavy atom. The van der Waals surface area contributed by atoms with Gasteiger partial charge in [0.1, 0.15) is 5.69 Å². The molecule has 5 heteroatoms. The fourth-order valence-electron chi connectivity index (χ4n) is 3.30. The van der Waals surface area contributed by atoms with Crippen molar-refractivity contribution in [2.75, 3.05) is 42.9 Å². The van der Waals surface area contributed by atoms with Crippen LogP contribution in [-0.2, 0) is 0 Å². The Kier molecular flexibility index (Phi) is 4.26. The number of piperazine rings is 1. The predicted molar refractivity (Wildman–Crippen MR) is 96.6 cm³/mol. The van der Waals surface area contributed by atoms with Gasteiger partial charge in [0.05, 0.1) is 0 Å². The van der Waals surface area contributed by atoms with Gasteiger partial charge in [-0.25, -0.2) is 0 Å². The van der Waals surface area contributed by atoms with E-state index in [0.717, 1.165) is 37.8 Å². The van der Waals surface area contributed by atoms with Crippen LogP contribution in [-0.4, -0.2) is 48.5 Å². The third-order valence-corrected chi connectivity index (χ3v) is 4.90. The number of rotatable bonds is 5. The highest BCUT2D eigenvalue weighted by atomic mass is 16.1. The highest BCUT2D eigenvalue weighted by Crippen LogP contribution is 2.30. The van der Waals surface area contributed by atoms with E-state index >= 15 is 0 Å². The van der Waals surface area contributed by atoms with E-state index in [0.29, 0.717) is 5.69 Å². The van der Waals surface area contributed by atoms with Crippen LogP contribution in [0.3, 0.4) is 0 Å². The zero-order chi connectivity index (χ0) is 16.4. The number of hydrogen-bond acceptors (Lipinski definition) is 3. The van der Waals surface area contributed by atoms with Crippen LogP contribution in [0.25, 0.3) is 0 Å². The lowest BCUT2D eigenvalue weighted by Gasteiger charge is -2.36. The fraction of sp³-hybridized carbons (Fsp3) is 0.421. The number of nitrogens with zero attached hydrogens (tertiary/aromatic N) is 2. The number of H-pyrrole nitrogens is 1. The molecule has 1 aliphatic carbocycles. The summed E-state index contributed by atoms with van der Waals surface area (Å²) in [7, 11) is 0. The molecule has 126 valence electrons. The van der Waals surface area contributed by atoms with Crippen LogP contribution >= 0.6 is 0 Å². The Bertz CT molecular complexity index is 685. The molecule has 2 aromatic rings. The van der Waals surface area contributed by atoms with Crippen molar-refractivity contribution in [1.29, 1.82) is 0 Å². The van der Waals surface area contributed by atoms with E-state index < -0.39 is 0 Å². The first-order chi connectivity index (χ1) is 11.8. The van der Waals surface area contributed by atoms with Gasteiger partial charge < -0.3 is 15.2 Å². The number of hydrogen-bond donors (Lipinski definition) is 2. The maximum Gasteiger partial charge on any atom is 0.272 e. The minimum Gasteiger partial charge on any atom is -0.369 e. The minimum absolute atomic E-state index is 0.105. The summed E-state index contributed by atoms with van der Waals surface area (Å²) >= 11 is 0. The maximum atomic E-state index is 12.2. The van der Waals surface area contributed by atoms with Gasteiger partial charge in [-0.1, -0.05) is 6.07 Å². The van der Waals surface area contributed by atoms with Crippen LogP contribution in [0.15, 0.2) is 42.6 Å². The van der Waals surface area contributed by atoms with Crippen LogP contribution in [0.4, 0.5) is 11.4 Å². The molecule has 0 radical (unpaired) electrons. The van der Waals surface area contributed by atoms with Crippen molar-refractivity contribution in [1.82, 2.24) is 9.88 Å². The van der Waals surface area contributed by atoms with Gasteiger partial charge in [-0.15, -0.1) is 0 Å². The molecule has 0 bridgehead atoms. The molecule has 5 nitrogen and oxygen atoms in total. The molecule has 1 aromatic carbocycles. The van der Waals surface area contributed by atoms with Gasteiger partial charge in [0, 0.05) is 50.3 Å². The molecule has 2 N–H and O–H groups in total. The van der Waals surface area contributed by atoms with E-state index in [1.54, 1.807) is 12.3 Å². The highest BCUT2D eigenvalue weighted by molar-refractivity contribution is 6.03. The van der Waals surface area contributed by atoms with E-state index in [1.807, 2.05) is 18.2 Å². The summed E-state index contributed by atoms with van der Waals surface area (Å²) in [5.74, 6) is 0.856. The van der Waals surface area contributed by atoms with Crippen molar-refractivity contribution in [3.05, 3.63) is 48.3 Å². The molecule has 1 aliphatic heterocycles. The van der Waals surface area contributed by atoms with Crippen molar-refractivity contribution in [2.45, 2.75) is 12.8 Å². The minimum atomic E-state index is -0.105. The summed E-state index contributed by atoms with van der Waals surface area (Å²) in [6, 6.07) is 11.7. The summed E-state index contributed by atoms with van der Waals surface area (Å²) in [5.41, 5.74) is 2.60. The van der Waals surface area contributed by atoms with Crippen molar-refractivity contribution < 1.29 is 4.79 Å². The lowest BCUT2D eigenvalue weighted by molar-refractivity contribution is 0.102. The van der Waals surface area contributed by atoms with Gasteiger partial charge in [0.15, 0.2) is 0 Å². The molecule has 1 aromatic heterocycles. The van der Waals surface area contributed by atoms with Crippen LogP contribution in [0.2, 0.25) is 0 Å². The standard InChI is InChI=1S/C19H24N4O/c24-19(18-5-2-8-20-18)21-16-3-1-4-17(13-16)23-11-9-22(10-12-23)14-15-6-7-15/h1-5,8,13,15,20H,6-7,9-12,14H2,(H,21,24). The third-order valence-electron chi connectivity index (χ3n) is 4.90. The summed E-state index contributed by atoms with van der Waals surface area (Å²) in [5, 5.41) is 2.96. The lowest BCUT2D eigenvalue weighted by atomic mass is 10.2. The third kappa shape index (κ3) is 3.62. The number of anilines is 2. The molecule has 1 saturated heterocycles. The first kappa shape index (κ1) is 15.3. The van der Waals surface area contributed by atoms with Gasteiger partial charge in [-0.05, 0) is 49.1 Å². The normalized spacial score (nSPS) is 18.6. The molecule has 2 aliphatic rings. The molecule has 2 fully saturated rings. The molecule has 0 spiro atoms. The van der Waals surface area contributed by atoms with E-state index in [2.05, 4.69) is 32.2 Å². The topological polar surface area (TPSA) is 51.4 Å². The first-order valence-electron chi connectivity index (χ1n) is 8.80. The number of benzene rings is 1. The number of nitrogens with one attached hydrogen (secondary N) is 2. The van der Waals surface area contributed by atoms with Gasteiger partial charge in [-0.3, -0.25) is 9.69 Å². The van der Waals surface area contributed by atoms with Crippen molar-refractivity contribution in [3.8, 4) is 0 Å². The van der Waals surface area contributed by atoms with E-state index in [1.165, 1.54) is 25.1 Å². The summed E-state index contributed by atoms with van der Waals surface area (Å²) < 4.78 is 0. The van der Waals surface area contributed by atoms with E-state index in [-0.39, 0.29) is 5.91 Å². The Labute approximate surface area is 142 Å². The Morgan fingerprint density at radius 1 is 1.12 bits per heavy atom. The van der Waals surface area contributed by atoms with Crippen molar-refractivity contribution >= 4 is 17.3 Å². The molecular formula is C19H24N4O. The molecular weight excluding hydrogens is 300 g/mol. The fourth-order valence-corrected chi connectivity index (χ4v) is 3.30. The Hall–Kier alpha value is -2.27. The van der Waals surface area contributed by atoms with Crippen molar-refractivity contribution in [2.24, 2.45) is 5.92 Å². The summed E-state index contributed by atoms with van der Waals surface area (Å²) in [4.78, 5) is 20.1. The lowest BCUT2D eigenvalue weighted by Crippen LogP contribution is -2.47. The van der Waals surface area contributed by atoms with Gasteiger partial charge in [0.25, 0.3) is 5.91 Å². The molecule has 1 saturated carbocycles. The molecule has 1 amide bonds. The van der Waals surface area contributed by atoms with Gasteiger partial charge in [0.2, 0.25) is 0 Å². The van der Waals surface area contributed by atoms with Crippen LogP contribution in [0.1, 0.15) is 23.3 Å². The van der Waals surface area contributed by atoms with Crippen molar-refractivity contribution in [3.63, 3.8) is 0 Å². The maximum absolute atomic E-state index is 12.2. The number of carbonyl (C=O) groups excluding carboxylic acids is 1. The number of carbonyl (C=O) groups is 1. The first-order valence-corrected chi connectivity index (χ1v) is 8.80. The predicted octanol–water partition coefficient (Wildman–Crippen LogP) is 2.80. The summed E-state index contributed by atoms with van der Waals surface area (Å²) in [6.07, 6.45) is 4.60. The number of aromatic amines is 1.